The smallest absolute Gasteiger partial charge is 0.0409 e. The number of hydrogen-bond donors (Lipinski definition) is 1. The topological polar surface area (TPSA) is 12.0 Å². The molecule has 0 saturated heterocycles. The van der Waals surface area contributed by atoms with E-state index in [2.05, 4.69) is 26.4 Å². The highest BCUT2D eigenvalue weighted by atomic mass is 127. The molecule has 0 unspecified atom stereocenters. The number of nitrogens with one attached hydrogen (secondary N) is 1. The van der Waals surface area contributed by atoms with Crippen molar-refractivity contribution in [2.45, 2.75) is 6.54 Å². The van der Waals surface area contributed by atoms with Gasteiger partial charge in [-0.3, -0.25) is 3.53 Å². The average molecular weight is 267 g/mol. The molecule has 10 heavy (non-hydrogen) atoms. The van der Waals surface area contributed by atoms with Crippen molar-refractivity contribution >= 4 is 34.5 Å². The summed E-state index contributed by atoms with van der Waals surface area (Å²) < 4.78 is 3.02. The van der Waals surface area contributed by atoms with Crippen LogP contribution in [0.4, 0.5) is 0 Å². The maximum Gasteiger partial charge on any atom is 0.0409 e. The summed E-state index contributed by atoms with van der Waals surface area (Å²) in [6.45, 7) is 0.862. The first-order valence-corrected chi connectivity index (χ1v) is 4.36. The van der Waals surface area contributed by atoms with E-state index in [-0.39, 0.29) is 0 Å². The Morgan fingerprint density at radius 2 is 2.30 bits per heavy atom. The van der Waals surface area contributed by atoms with Crippen LogP contribution in [0.5, 0.6) is 0 Å². The van der Waals surface area contributed by atoms with Crippen molar-refractivity contribution in [3.63, 3.8) is 0 Å². The van der Waals surface area contributed by atoms with Gasteiger partial charge >= 0.3 is 0 Å². The first-order valence-electron chi connectivity index (χ1n) is 2.91. The van der Waals surface area contributed by atoms with Crippen LogP contribution in [0.25, 0.3) is 0 Å². The SMILES string of the molecule is Clc1cccc(CNI)c1. The van der Waals surface area contributed by atoms with Crippen LogP contribution in [0, 0.1) is 0 Å². The molecule has 0 aliphatic rings. The fourth-order valence-corrected chi connectivity index (χ4v) is 1.38. The van der Waals surface area contributed by atoms with Gasteiger partial charge in [0.15, 0.2) is 0 Å². The van der Waals surface area contributed by atoms with Gasteiger partial charge in [-0.2, -0.15) is 0 Å². The summed E-state index contributed by atoms with van der Waals surface area (Å²) >= 11 is 7.86. The van der Waals surface area contributed by atoms with Crippen LogP contribution in [0.3, 0.4) is 0 Å². The Hall–Kier alpha value is 0.200. The normalized spacial score (nSPS) is 9.80. The van der Waals surface area contributed by atoms with Gasteiger partial charge in [0.05, 0.1) is 0 Å². The number of hydrogen-bond acceptors (Lipinski definition) is 1. The second-order valence-electron chi connectivity index (χ2n) is 1.94. The molecule has 54 valence electrons. The summed E-state index contributed by atoms with van der Waals surface area (Å²) in [6.07, 6.45) is 0. The standard InChI is InChI=1S/C7H7ClIN/c8-7-3-1-2-6(4-7)5-10-9/h1-4,10H,5H2. The first-order chi connectivity index (χ1) is 4.83. The van der Waals surface area contributed by atoms with Gasteiger partial charge in [0.1, 0.15) is 0 Å². The Balaban J connectivity index is 2.75. The largest absolute Gasteiger partial charge is 0.257 e. The summed E-state index contributed by atoms with van der Waals surface area (Å²) in [6, 6.07) is 7.81. The van der Waals surface area contributed by atoms with Gasteiger partial charge in [0, 0.05) is 34.4 Å². The number of benzene rings is 1. The molecule has 3 heteroatoms. The lowest BCUT2D eigenvalue weighted by Gasteiger charge is -1.97. The van der Waals surface area contributed by atoms with Crippen LogP contribution >= 0.6 is 34.5 Å². The van der Waals surface area contributed by atoms with Gasteiger partial charge in [-0.15, -0.1) is 0 Å². The third-order valence-electron chi connectivity index (χ3n) is 1.16. The molecule has 0 fully saturated rings. The Labute approximate surface area is 79.3 Å². The van der Waals surface area contributed by atoms with Crippen LogP contribution < -0.4 is 3.53 Å². The molecule has 0 atom stereocenters. The van der Waals surface area contributed by atoms with E-state index in [0.29, 0.717) is 0 Å². The van der Waals surface area contributed by atoms with E-state index in [9.17, 15) is 0 Å². The van der Waals surface area contributed by atoms with E-state index in [1.165, 1.54) is 5.56 Å². The zero-order chi connectivity index (χ0) is 7.40. The molecule has 0 aliphatic carbocycles. The molecular weight excluding hydrogens is 260 g/mol. The van der Waals surface area contributed by atoms with Crippen LogP contribution in [0.15, 0.2) is 24.3 Å². The summed E-state index contributed by atoms with van der Waals surface area (Å²) in [5.74, 6) is 0. The molecule has 0 heterocycles. The molecule has 0 aromatic heterocycles. The number of rotatable bonds is 2. The molecule has 1 aromatic rings. The molecule has 0 bridgehead atoms. The Bertz CT molecular complexity index is 215. The maximum atomic E-state index is 5.75. The minimum atomic E-state index is 0.796. The fraction of sp³-hybridized carbons (Fsp3) is 0.143. The highest BCUT2D eigenvalue weighted by Gasteiger charge is 1.90. The maximum absolute atomic E-state index is 5.75. The Kier molecular flexibility index (Phi) is 3.45. The highest BCUT2D eigenvalue weighted by Crippen LogP contribution is 2.10. The summed E-state index contributed by atoms with van der Waals surface area (Å²) in [5, 5.41) is 0.796. The van der Waals surface area contributed by atoms with Crippen molar-refractivity contribution in [3.8, 4) is 0 Å². The van der Waals surface area contributed by atoms with Crippen LogP contribution in [0.1, 0.15) is 5.56 Å². The second-order valence-corrected chi connectivity index (χ2v) is 3.14. The van der Waals surface area contributed by atoms with Gasteiger partial charge < -0.3 is 0 Å². The third kappa shape index (κ3) is 2.44. The molecule has 1 N–H and O–H groups in total. The van der Waals surface area contributed by atoms with Crippen molar-refractivity contribution in [1.82, 2.24) is 3.53 Å². The zero-order valence-corrected chi connectivity index (χ0v) is 8.19. The van der Waals surface area contributed by atoms with Gasteiger partial charge in [-0.25, -0.2) is 0 Å². The van der Waals surface area contributed by atoms with Gasteiger partial charge in [0.25, 0.3) is 0 Å². The molecule has 1 nitrogen and oxygen atoms in total. The predicted molar refractivity (Wildman–Crippen MR) is 52.3 cm³/mol. The quantitative estimate of drug-likeness (QED) is 0.642. The Morgan fingerprint density at radius 3 is 2.90 bits per heavy atom. The van der Waals surface area contributed by atoms with Crippen molar-refractivity contribution in [3.05, 3.63) is 34.9 Å². The van der Waals surface area contributed by atoms with Crippen LogP contribution in [-0.2, 0) is 6.54 Å². The lowest BCUT2D eigenvalue weighted by Crippen LogP contribution is -1.96. The molecule has 0 saturated carbocycles. The molecule has 1 aromatic carbocycles. The third-order valence-corrected chi connectivity index (χ3v) is 1.78. The number of halogens is 2. The molecule has 0 amide bonds. The molecule has 0 radical (unpaired) electrons. The molecule has 1 rings (SSSR count). The molecule has 0 spiro atoms. The highest BCUT2D eigenvalue weighted by molar-refractivity contribution is 14.1. The second kappa shape index (κ2) is 4.16. The van der Waals surface area contributed by atoms with E-state index in [4.69, 9.17) is 11.6 Å². The lowest BCUT2D eigenvalue weighted by atomic mass is 10.2. The van der Waals surface area contributed by atoms with Crippen molar-refractivity contribution in [2.24, 2.45) is 0 Å². The van der Waals surface area contributed by atoms with Crippen molar-refractivity contribution in [1.29, 1.82) is 0 Å². The molecule has 0 aliphatic heterocycles. The van der Waals surface area contributed by atoms with E-state index in [1.54, 1.807) is 0 Å². The van der Waals surface area contributed by atoms with Crippen LogP contribution in [0.2, 0.25) is 5.02 Å². The molecular formula is C7H7ClIN. The van der Waals surface area contributed by atoms with Crippen molar-refractivity contribution < 1.29 is 0 Å². The van der Waals surface area contributed by atoms with Gasteiger partial charge in [0.2, 0.25) is 0 Å². The van der Waals surface area contributed by atoms with E-state index in [0.717, 1.165) is 11.6 Å². The van der Waals surface area contributed by atoms with E-state index < -0.39 is 0 Å². The predicted octanol–water partition coefficient (Wildman–Crippen LogP) is 2.78. The summed E-state index contributed by atoms with van der Waals surface area (Å²) in [7, 11) is 0. The van der Waals surface area contributed by atoms with Gasteiger partial charge in [-0.1, -0.05) is 23.7 Å². The Morgan fingerprint density at radius 1 is 1.50 bits per heavy atom. The average Bonchev–Trinajstić information content (AvgIpc) is 1.88. The lowest BCUT2D eigenvalue weighted by molar-refractivity contribution is 1.01. The van der Waals surface area contributed by atoms with Crippen molar-refractivity contribution in [2.75, 3.05) is 0 Å². The van der Waals surface area contributed by atoms with E-state index in [1.807, 2.05) is 24.3 Å². The summed E-state index contributed by atoms with van der Waals surface area (Å²) in [4.78, 5) is 0. The van der Waals surface area contributed by atoms with E-state index >= 15 is 0 Å². The first kappa shape index (κ1) is 8.30. The summed E-state index contributed by atoms with van der Waals surface area (Å²) in [5.41, 5.74) is 1.21. The fourth-order valence-electron chi connectivity index (χ4n) is 0.724. The van der Waals surface area contributed by atoms with Gasteiger partial charge in [-0.05, 0) is 17.7 Å². The monoisotopic (exact) mass is 267 g/mol. The zero-order valence-electron chi connectivity index (χ0n) is 5.27. The minimum absolute atomic E-state index is 0.796. The minimum Gasteiger partial charge on any atom is -0.257 e. The van der Waals surface area contributed by atoms with Crippen LogP contribution in [-0.4, -0.2) is 0 Å².